The molecule has 0 aliphatic heterocycles. The molecule has 1 fully saturated rings. The van der Waals surface area contributed by atoms with Gasteiger partial charge in [-0.15, -0.1) is 11.6 Å². The number of rotatable bonds is 6. The van der Waals surface area contributed by atoms with E-state index < -0.39 is 0 Å². The molecule has 1 aliphatic rings. The number of ether oxygens (including phenoxy) is 1. The highest BCUT2D eigenvalue weighted by molar-refractivity contribution is 6.18. The molecule has 2 rings (SSSR count). The van der Waals surface area contributed by atoms with Crippen molar-refractivity contribution in [3.05, 3.63) is 23.5 Å². The summed E-state index contributed by atoms with van der Waals surface area (Å²) in [6, 6.07) is 4.67. The minimum Gasteiger partial charge on any atom is -0.497 e. The van der Waals surface area contributed by atoms with Gasteiger partial charge in [0.2, 0.25) is 0 Å². The third-order valence-corrected chi connectivity index (χ3v) is 4.21. The maximum absolute atomic E-state index is 5.98. The zero-order valence-electron chi connectivity index (χ0n) is 12.6. The zero-order chi connectivity index (χ0) is 14.4. The molecule has 1 saturated carbocycles. The first kappa shape index (κ1) is 15.6. The number of aromatic nitrogens is 1. The van der Waals surface area contributed by atoms with Crippen LogP contribution in [0.2, 0.25) is 0 Å². The average molecular weight is 297 g/mol. The van der Waals surface area contributed by atoms with Crippen molar-refractivity contribution in [2.45, 2.75) is 51.6 Å². The fourth-order valence-corrected chi connectivity index (χ4v) is 3.27. The summed E-state index contributed by atoms with van der Waals surface area (Å²) in [6.07, 6.45) is 6.64. The Labute approximate surface area is 127 Å². The van der Waals surface area contributed by atoms with E-state index in [0.717, 1.165) is 30.2 Å². The van der Waals surface area contributed by atoms with Gasteiger partial charge in [0.25, 0.3) is 0 Å². The fourth-order valence-electron chi connectivity index (χ4n) is 3.06. The van der Waals surface area contributed by atoms with Gasteiger partial charge in [-0.2, -0.15) is 0 Å². The van der Waals surface area contributed by atoms with Crippen molar-refractivity contribution in [1.29, 1.82) is 0 Å². The Balaban J connectivity index is 2.08. The number of halogens is 1. The number of pyridine rings is 1. The third kappa shape index (κ3) is 4.35. The summed E-state index contributed by atoms with van der Waals surface area (Å²) in [5.74, 6) is 1.57. The lowest BCUT2D eigenvalue weighted by Crippen LogP contribution is -2.37. The number of aryl methyl sites for hydroxylation is 1. The monoisotopic (exact) mass is 296 g/mol. The molecule has 0 radical (unpaired) electrons. The standard InChI is InChI=1S/C16H25ClN2O/c1-13-10-16(20-2)11-14(18-13)12-19(9-8-17)15-6-4-3-5-7-15/h10-11,15H,3-9,12H2,1-2H3. The number of hydrogen-bond donors (Lipinski definition) is 0. The van der Waals surface area contributed by atoms with E-state index in [4.69, 9.17) is 16.3 Å². The Kier molecular flexibility index (Phi) is 6.11. The Hall–Kier alpha value is -0.800. The molecule has 1 aromatic rings. The summed E-state index contributed by atoms with van der Waals surface area (Å²) >= 11 is 5.98. The normalized spacial score (nSPS) is 16.6. The topological polar surface area (TPSA) is 25.4 Å². The molecule has 0 amide bonds. The van der Waals surface area contributed by atoms with Gasteiger partial charge in [-0.3, -0.25) is 9.88 Å². The first-order chi connectivity index (χ1) is 9.72. The molecule has 1 aliphatic carbocycles. The van der Waals surface area contributed by atoms with Gasteiger partial charge in [0.05, 0.1) is 12.8 Å². The Bertz CT molecular complexity index is 419. The molecule has 0 N–H and O–H groups in total. The van der Waals surface area contributed by atoms with Gasteiger partial charge in [0.15, 0.2) is 0 Å². The second-order valence-corrected chi connectivity index (χ2v) is 5.97. The predicted octanol–water partition coefficient (Wildman–Crippen LogP) is 3.77. The number of alkyl halides is 1. The van der Waals surface area contributed by atoms with Crippen LogP contribution in [0.4, 0.5) is 0 Å². The summed E-state index contributed by atoms with van der Waals surface area (Å²) in [4.78, 5) is 7.13. The Morgan fingerprint density at radius 2 is 2.05 bits per heavy atom. The van der Waals surface area contributed by atoms with Crippen LogP contribution in [-0.2, 0) is 6.54 Å². The van der Waals surface area contributed by atoms with Gasteiger partial charge in [0, 0.05) is 42.8 Å². The largest absolute Gasteiger partial charge is 0.497 e. The molecular formula is C16H25ClN2O. The molecule has 0 aromatic carbocycles. The highest BCUT2D eigenvalue weighted by Gasteiger charge is 2.21. The lowest BCUT2D eigenvalue weighted by Gasteiger charge is -2.33. The van der Waals surface area contributed by atoms with Crippen molar-refractivity contribution in [1.82, 2.24) is 9.88 Å². The van der Waals surface area contributed by atoms with Crippen molar-refractivity contribution in [3.8, 4) is 5.75 Å². The van der Waals surface area contributed by atoms with Gasteiger partial charge < -0.3 is 4.74 Å². The maximum atomic E-state index is 5.98. The van der Waals surface area contributed by atoms with E-state index >= 15 is 0 Å². The van der Waals surface area contributed by atoms with Crippen LogP contribution in [-0.4, -0.2) is 35.5 Å². The summed E-state index contributed by atoms with van der Waals surface area (Å²) in [7, 11) is 1.70. The molecular weight excluding hydrogens is 272 g/mol. The van der Waals surface area contributed by atoms with Crippen molar-refractivity contribution in [3.63, 3.8) is 0 Å². The van der Waals surface area contributed by atoms with Crippen LogP contribution in [0.25, 0.3) is 0 Å². The van der Waals surface area contributed by atoms with Crippen LogP contribution < -0.4 is 4.74 Å². The van der Waals surface area contributed by atoms with Crippen molar-refractivity contribution in [2.75, 3.05) is 19.5 Å². The average Bonchev–Trinajstić information content (AvgIpc) is 2.47. The van der Waals surface area contributed by atoms with Gasteiger partial charge in [-0.1, -0.05) is 19.3 Å². The van der Waals surface area contributed by atoms with Crippen LogP contribution in [0.1, 0.15) is 43.5 Å². The van der Waals surface area contributed by atoms with Crippen LogP contribution in [0, 0.1) is 6.92 Å². The van der Waals surface area contributed by atoms with E-state index in [1.165, 1.54) is 32.1 Å². The minimum absolute atomic E-state index is 0.663. The van der Waals surface area contributed by atoms with Gasteiger partial charge in [0.1, 0.15) is 5.75 Å². The molecule has 0 bridgehead atoms. The van der Waals surface area contributed by atoms with E-state index in [2.05, 4.69) is 9.88 Å². The van der Waals surface area contributed by atoms with Crippen LogP contribution in [0.3, 0.4) is 0 Å². The molecule has 0 atom stereocenters. The summed E-state index contributed by atoms with van der Waals surface area (Å²) in [5.41, 5.74) is 2.09. The highest BCUT2D eigenvalue weighted by Crippen LogP contribution is 2.24. The van der Waals surface area contributed by atoms with Crippen molar-refractivity contribution in [2.24, 2.45) is 0 Å². The van der Waals surface area contributed by atoms with E-state index in [9.17, 15) is 0 Å². The van der Waals surface area contributed by atoms with Crippen molar-refractivity contribution >= 4 is 11.6 Å². The number of hydrogen-bond acceptors (Lipinski definition) is 3. The van der Waals surface area contributed by atoms with E-state index in [0.29, 0.717) is 11.9 Å². The summed E-state index contributed by atoms with van der Waals surface area (Å²) in [5, 5.41) is 0. The van der Waals surface area contributed by atoms with Crippen LogP contribution in [0.5, 0.6) is 5.75 Å². The molecule has 0 saturated heterocycles. The second kappa shape index (κ2) is 7.84. The first-order valence-electron chi connectivity index (χ1n) is 7.54. The van der Waals surface area contributed by atoms with Gasteiger partial charge in [-0.05, 0) is 19.8 Å². The molecule has 0 spiro atoms. The fraction of sp³-hybridized carbons (Fsp3) is 0.688. The van der Waals surface area contributed by atoms with Crippen LogP contribution in [0.15, 0.2) is 12.1 Å². The molecule has 112 valence electrons. The smallest absolute Gasteiger partial charge is 0.122 e. The van der Waals surface area contributed by atoms with E-state index in [-0.39, 0.29) is 0 Å². The highest BCUT2D eigenvalue weighted by atomic mass is 35.5. The molecule has 1 heterocycles. The minimum atomic E-state index is 0.663. The Morgan fingerprint density at radius 3 is 2.70 bits per heavy atom. The van der Waals surface area contributed by atoms with E-state index in [1.54, 1.807) is 7.11 Å². The molecule has 20 heavy (non-hydrogen) atoms. The SMILES string of the molecule is COc1cc(C)nc(CN(CCCl)C2CCCCC2)c1. The third-order valence-electron chi connectivity index (χ3n) is 4.04. The molecule has 3 nitrogen and oxygen atoms in total. The molecule has 0 unspecified atom stereocenters. The number of nitrogens with zero attached hydrogens (tertiary/aromatic N) is 2. The lowest BCUT2D eigenvalue weighted by atomic mass is 9.94. The molecule has 1 aromatic heterocycles. The molecule has 4 heteroatoms. The number of methoxy groups -OCH3 is 1. The predicted molar refractivity (Wildman–Crippen MR) is 83.5 cm³/mol. The Morgan fingerprint density at radius 1 is 1.30 bits per heavy atom. The summed E-state index contributed by atoms with van der Waals surface area (Å²) < 4.78 is 5.34. The van der Waals surface area contributed by atoms with Crippen LogP contribution >= 0.6 is 11.6 Å². The quantitative estimate of drug-likeness (QED) is 0.747. The first-order valence-corrected chi connectivity index (χ1v) is 8.08. The maximum Gasteiger partial charge on any atom is 0.122 e. The van der Waals surface area contributed by atoms with E-state index in [1.807, 2.05) is 19.1 Å². The van der Waals surface area contributed by atoms with Gasteiger partial charge in [-0.25, -0.2) is 0 Å². The van der Waals surface area contributed by atoms with Gasteiger partial charge >= 0.3 is 0 Å². The van der Waals surface area contributed by atoms with Crippen molar-refractivity contribution < 1.29 is 4.74 Å². The summed E-state index contributed by atoms with van der Waals surface area (Å²) in [6.45, 7) is 3.82. The zero-order valence-corrected chi connectivity index (χ0v) is 13.3. The second-order valence-electron chi connectivity index (χ2n) is 5.59. The lowest BCUT2D eigenvalue weighted by molar-refractivity contribution is 0.155.